The van der Waals surface area contributed by atoms with Gasteiger partial charge in [0.1, 0.15) is 5.78 Å². The Bertz CT molecular complexity index is 630. The third kappa shape index (κ3) is 3.05. The van der Waals surface area contributed by atoms with Crippen LogP contribution in [-0.4, -0.2) is 30.1 Å². The van der Waals surface area contributed by atoms with Crippen LogP contribution in [0.1, 0.15) is 84.5 Å². The van der Waals surface area contributed by atoms with E-state index < -0.39 is 0 Å². The van der Waals surface area contributed by atoms with Gasteiger partial charge in [0.2, 0.25) is 0 Å². The van der Waals surface area contributed by atoms with Gasteiger partial charge in [0, 0.05) is 24.7 Å². The molecule has 4 aliphatic carbocycles. The van der Waals surface area contributed by atoms with Crippen molar-refractivity contribution in [1.29, 1.82) is 0 Å². The SMILES string of the molecule is COC(=O)CCCC1CCC2C3C(=O)CC4CCCCC4(C)C3C(O)CC12C. The molecule has 0 bridgehead atoms. The maximum absolute atomic E-state index is 13.3. The van der Waals surface area contributed by atoms with Crippen molar-refractivity contribution in [2.24, 2.45) is 40.4 Å². The molecule has 4 heteroatoms. The number of rotatable bonds is 4. The molecule has 4 fully saturated rings. The Balaban J connectivity index is 1.55. The van der Waals surface area contributed by atoms with Crippen LogP contribution in [0, 0.1) is 40.4 Å². The molecule has 4 aliphatic rings. The zero-order chi connectivity index (χ0) is 20.1. The van der Waals surface area contributed by atoms with Gasteiger partial charge in [-0.3, -0.25) is 9.59 Å². The highest BCUT2D eigenvalue weighted by Crippen LogP contribution is 2.67. The number of esters is 1. The molecular weight excluding hydrogens is 352 g/mol. The van der Waals surface area contributed by atoms with Crippen molar-refractivity contribution in [2.75, 3.05) is 7.11 Å². The largest absolute Gasteiger partial charge is 0.469 e. The highest BCUT2D eigenvalue weighted by Gasteiger charge is 2.64. The second-order valence-electron chi connectivity index (χ2n) is 10.8. The summed E-state index contributed by atoms with van der Waals surface area (Å²) in [5, 5.41) is 11.4. The van der Waals surface area contributed by atoms with Crippen LogP contribution in [0.25, 0.3) is 0 Å². The molecule has 0 amide bonds. The minimum Gasteiger partial charge on any atom is -0.469 e. The van der Waals surface area contributed by atoms with Crippen LogP contribution < -0.4 is 0 Å². The van der Waals surface area contributed by atoms with Crippen LogP contribution in [0.3, 0.4) is 0 Å². The molecule has 4 rings (SSSR count). The number of fused-ring (bicyclic) bond motifs is 5. The summed E-state index contributed by atoms with van der Waals surface area (Å²) in [5.41, 5.74) is 0.171. The molecule has 0 aliphatic heterocycles. The normalized spacial score (nSPS) is 47.8. The molecule has 0 aromatic rings. The van der Waals surface area contributed by atoms with Crippen LogP contribution in [0.5, 0.6) is 0 Å². The van der Waals surface area contributed by atoms with Gasteiger partial charge in [-0.15, -0.1) is 0 Å². The number of ketones is 1. The van der Waals surface area contributed by atoms with Gasteiger partial charge in [-0.25, -0.2) is 0 Å². The van der Waals surface area contributed by atoms with E-state index in [1.54, 1.807) is 0 Å². The van der Waals surface area contributed by atoms with Crippen molar-refractivity contribution in [3.63, 3.8) is 0 Å². The molecule has 0 spiro atoms. The number of methoxy groups -OCH3 is 1. The highest BCUT2D eigenvalue weighted by molar-refractivity contribution is 5.83. The Hall–Kier alpha value is -0.900. The molecule has 28 heavy (non-hydrogen) atoms. The van der Waals surface area contributed by atoms with E-state index >= 15 is 0 Å². The van der Waals surface area contributed by atoms with E-state index in [1.165, 1.54) is 26.4 Å². The topological polar surface area (TPSA) is 63.6 Å². The van der Waals surface area contributed by atoms with Gasteiger partial charge in [-0.05, 0) is 73.5 Å². The van der Waals surface area contributed by atoms with Crippen molar-refractivity contribution < 1.29 is 19.4 Å². The summed E-state index contributed by atoms with van der Waals surface area (Å²) >= 11 is 0. The first kappa shape index (κ1) is 20.4. The van der Waals surface area contributed by atoms with Gasteiger partial charge >= 0.3 is 5.97 Å². The van der Waals surface area contributed by atoms with Crippen LogP contribution in [0.15, 0.2) is 0 Å². The zero-order valence-corrected chi connectivity index (χ0v) is 17.9. The minimum atomic E-state index is -0.359. The number of carbonyl (C=O) groups is 2. The number of aliphatic hydroxyl groups is 1. The van der Waals surface area contributed by atoms with Gasteiger partial charge in [-0.2, -0.15) is 0 Å². The summed E-state index contributed by atoms with van der Waals surface area (Å²) in [6.07, 6.45) is 10.6. The van der Waals surface area contributed by atoms with Crippen molar-refractivity contribution in [1.82, 2.24) is 0 Å². The Morgan fingerprint density at radius 1 is 1.18 bits per heavy atom. The smallest absolute Gasteiger partial charge is 0.305 e. The lowest BCUT2D eigenvalue weighted by Gasteiger charge is -2.61. The molecular formula is C24H38O4. The molecule has 0 heterocycles. The summed E-state index contributed by atoms with van der Waals surface area (Å²) in [4.78, 5) is 24.8. The second kappa shape index (κ2) is 7.41. The van der Waals surface area contributed by atoms with E-state index in [4.69, 9.17) is 4.74 Å². The van der Waals surface area contributed by atoms with Gasteiger partial charge < -0.3 is 9.84 Å². The predicted molar refractivity (Wildman–Crippen MR) is 107 cm³/mol. The third-order valence-corrected chi connectivity index (χ3v) is 9.68. The van der Waals surface area contributed by atoms with Gasteiger partial charge in [-0.1, -0.05) is 26.7 Å². The number of Topliss-reactive ketones (excluding diaryl/α,β-unsaturated/α-hetero) is 1. The summed E-state index contributed by atoms with van der Waals surface area (Å²) in [6, 6.07) is 0. The fourth-order valence-corrected chi connectivity index (χ4v) is 8.24. The molecule has 4 saturated carbocycles. The summed E-state index contributed by atoms with van der Waals surface area (Å²) in [5.74, 6) is 1.91. The molecule has 158 valence electrons. The first-order chi connectivity index (χ1) is 13.3. The number of ether oxygens (including phenoxy) is 1. The van der Waals surface area contributed by atoms with Crippen LogP contribution in [0.4, 0.5) is 0 Å². The molecule has 1 N–H and O–H groups in total. The van der Waals surface area contributed by atoms with E-state index in [-0.39, 0.29) is 34.7 Å². The van der Waals surface area contributed by atoms with Gasteiger partial charge in [0.05, 0.1) is 13.2 Å². The Labute approximate surface area is 169 Å². The first-order valence-electron chi connectivity index (χ1n) is 11.6. The lowest BCUT2D eigenvalue weighted by molar-refractivity contribution is -0.179. The van der Waals surface area contributed by atoms with E-state index in [0.29, 0.717) is 30.0 Å². The fraction of sp³-hybridized carbons (Fsp3) is 0.917. The van der Waals surface area contributed by atoms with Crippen molar-refractivity contribution in [3.05, 3.63) is 0 Å². The first-order valence-corrected chi connectivity index (χ1v) is 11.6. The van der Waals surface area contributed by atoms with Crippen LogP contribution >= 0.6 is 0 Å². The van der Waals surface area contributed by atoms with Crippen molar-refractivity contribution >= 4 is 11.8 Å². The second-order valence-corrected chi connectivity index (χ2v) is 10.8. The molecule has 0 aromatic carbocycles. The standard InChI is InChI=1S/C24H38O4/c1-23-12-5-4-7-16(23)13-18(25)21-17-11-10-15(8-6-9-20(27)28-3)24(17,2)14-19(26)22(21)23/h15-17,19,21-22,26H,4-14H2,1-3H3. The molecule has 0 radical (unpaired) electrons. The number of carbonyl (C=O) groups excluding carboxylic acids is 2. The number of hydrogen-bond acceptors (Lipinski definition) is 4. The summed E-state index contributed by atoms with van der Waals surface area (Å²) in [7, 11) is 1.45. The lowest BCUT2D eigenvalue weighted by Crippen LogP contribution is -2.61. The number of hydrogen-bond donors (Lipinski definition) is 1. The number of aliphatic hydroxyl groups excluding tert-OH is 1. The van der Waals surface area contributed by atoms with E-state index in [0.717, 1.165) is 44.9 Å². The monoisotopic (exact) mass is 390 g/mol. The van der Waals surface area contributed by atoms with Crippen LogP contribution in [0.2, 0.25) is 0 Å². The minimum absolute atomic E-state index is 0.0320. The fourth-order valence-electron chi connectivity index (χ4n) is 8.24. The Morgan fingerprint density at radius 3 is 2.71 bits per heavy atom. The van der Waals surface area contributed by atoms with Crippen molar-refractivity contribution in [2.45, 2.75) is 90.6 Å². The predicted octanol–water partition coefficient (Wildman–Crippen LogP) is 4.53. The molecule has 8 unspecified atom stereocenters. The highest BCUT2D eigenvalue weighted by atomic mass is 16.5. The average Bonchev–Trinajstić information content (AvgIpc) is 2.97. The van der Waals surface area contributed by atoms with E-state index in [2.05, 4.69) is 13.8 Å². The van der Waals surface area contributed by atoms with E-state index in [1.807, 2.05) is 0 Å². The third-order valence-electron chi connectivity index (χ3n) is 9.68. The van der Waals surface area contributed by atoms with Crippen LogP contribution in [-0.2, 0) is 14.3 Å². The van der Waals surface area contributed by atoms with E-state index in [9.17, 15) is 14.7 Å². The quantitative estimate of drug-likeness (QED) is 0.717. The molecule has 4 nitrogen and oxygen atoms in total. The molecule has 0 saturated heterocycles. The summed E-state index contributed by atoms with van der Waals surface area (Å²) in [6.45, 7) is 4.71. The molecule has 8 atom stereocenters. The van der Waals surface area contributed by atoms with Gasteiger partial charge in [0.25, 0.3) is 0 Å². The Morgan fingerprint density at radius 2 is 1.96 bits per heavy atom. The maximum Gasteiger partial charge on any atom is 0.305 e. The maximum atomic E-state index is 13.3. The lowest BCUT2D eigenvalue weighted by atomic mass is 9.43. The summed E-state index contributed by atoms with van der Waals surface area (Å²) < 4.78 is 4.79. The van der Waals surface area contributed by atoms with Crippen molar-refractivity contribution in [3.8, 4) is 0 Å². The molecule has 0 aromatic heterocycles. The zero-order valence-electron chi connectivity index (χ0n) is 17.9. The van der Waals surface area contributed by atoms with Gasteiger partial charge in [0.15, 0.2) is 0 Å². The average molecular weight is 391 g/mol. The Kier molecular flexibility index (Phi) is 5.39.